The van der Waals surface area contributed by atoms with Crippen LogP contribution in [0.15, 0.2) is 64.8 Å². The standard InChI is InChI=1S/C22H18N2O4/c1-12-17(22(26)27)10-14(23-12)11-18-16-8-7-13(9-19(16)24-21(18)25)15-5-3-4-6-20(15)28-2/h3-9,11H,10H2,1-2H3,(H,24,25)(H,26,27)/b18-11-. The number of rotatable bonds is 4. The first-order chi connectivity index (χ1) is 13.5. The third-order valence-corrected chi connectivity index (χ3v) is 4.90. The molecule has 2 aromatic carbocycles. The summed E-state index contributed by atoms with van der Waals surface area (Å²) in [5.41, 5.74) is 5.14. The fraction of sp³-hybridized carbons (Fsp3) is 0.136. The van der Waals surface area contributed by atoms with E-state index >= 15 is 0 Å². The van der Waals surface area contributed by atoms with Crippen molar-refractivity contribution in [3.05, 3.63) is 65.4 Å². The first-order valence-corrected chi connectivity index (χ1v) is 8.79. The van der Waals surface area contributed by atoms with Crippen LogP contribution in [0.2, 0.25) is 0 Å². The summed E-state index contributed by atoms with van der Waals surface area (Å²) < 4.78 is 5.42. The number of hydrogen-bond acceptors (Lipinski definition) is 4. The summed E-state index contributed by atoms with van der Waals surface area (Å²) >= 11 is 0. The number of aliphatic imine (C=N–C) groups is 1. The van der Waals surface area contributed by atoms with Crippen molar-refractivity contribution < 1.29 is 19.4 Å². The van der Waals surface area contributed by atoms with Crippen LogP contribution in [0.1, 0.15) is 18.9 Å². The molecule has 28 heavy (non-hydrogen) atoms. The maximum absolute atomic E-state index is 12.5. The number of ether oxygens (including phenoxy) is 1. The second-order valence-corrected chi connectivity index (χ2v) is 6.62. The number of aliphatic carboxylic acids is 1. The number of allylic oxidation sites excluding steroid dienone is 2. The maximum atomic E-state index is 12.5. The molecule has 0 fully saturated rings. The van der Waals surface area contributed by atoms with Crippen molar-refractivity contribution in [3.8, 4) is 16.9 Å². The van der Waals surface area contributed by atoms with Crippen LogP contribution in [0.25, 0.3) is 16.7 Å². The number of nitrogens with one attached hydrogen (secondary N) is 1. The largest absolute Gasteiger partial charge is 0.496 e. The van der Waals surface area contributed by atoms with Crippen LogP contribution in [0.5, 0.6) is 5.75 Å². The lowest BCUT2D eigenvalue weighted by Gasteiger charge is -2.09. The third-order valence-electron chi connectivity index (χ3n) is 4.90. The summed E-state index contributed by atoms with van der Waals surface area (Å²) in [6, 6.07) is 13.4. The van der Waals surface area contributed by atoms with Gasteiger partial charge in [0, 0.05) is 34.6 Å². The van der Waals surface area contributed by atoms with E-state index in [1.54, 1.807) is 20.1 Å². The van der Waals surface area contributed by atoms with E-state index in [1.165, 1.54) is 0 Å². The Balaban J connectivity index is 1.68. The molecule has 0 atom stereocenters. The van der Waals surface area contributed by atoms with E-state index in [-0.39, 0.29) is 17.9 Å². The molecule has 0 unspecified atom stereocenters. The average molecular weight is 374 g/mol. The molecule has 2 aromatic rings. The number of nitrogens with zero attached hydrogens (tertiary/aromatic N) is 1. The Bertz CT molecular complexity index is 1110. The van der Waals surface area contributed by atoms with E-state index in [1.807, 2.05) is 42.5 Å². The molecular weight excluding hydrogens is 356 g/mol. The SMILES string of the molecule is COc1ccccc1-c1ccc2c(c1)NC(=O)/C2=C\C1=NC(C)=C(C(=O)O)C1. The fourth-order valence-electron chi connectivity index (χ4n) is 3.50. The molecular formula is C22H18N2O4. The molecule has 0 radical (unpaired) electrons. The van der Waals surface area contributed by atoms with Gasteiger partial charge in [0.1, 0.15) is 5.75 Å². The molecule has 2 aliphatic rings. The number of carbonyl (C=O) groups is 2. The van der Waals surface area contributed by atoms with Gasteiger partial charge < -0.3 is 15.2 Å². The number of hydrogen-bond donors (Lipinski definition) is 2. The van der Waals surface area contributed by atoms with Crippen molar-refractivity contribution in [3.63, 3.8) is 0 Å². The highest BCUT2D eigenvalue weighted by atomic mass is 16.5. The minimum Gasteiger partial charge on any atom is -0.496 e. The number of para-hydroxylation sites is 1. The topological polar surface area (TPSA) is 88.0 Å². The van der Waals surface area contributed by atoms with Gasteiger partial charge in [0.05, 0.1) is 18.3 Å². The zero-order chi connectivity index (χ0) is 19.8. The van der Waals surface area contributed by atoms with Gasteiger partial charge in [0.15, 0.2) is 0 Å². The van der Waals surface area contributed by atoms with Crippen molar-refractivity contribution in [2.75, 3.05) is 12.4 Å². The first kappa shape index (κ1) is 17.7. The number of anilines is 1. The summed E-state index contributed by atoms with van der Waals surface area (Å²) in [4.78, 5) is 28.0. The molecule has 0 saturated heterocycles. The first-order valence-electron chi connectivity index (χ1n) is 8.79. The zero-order valence-corrected chi connectivity index (χ0v) is 15.4. The minimum atomic E-state index is -0.979. The lowest BCUT2D eigenvalue weighted by atomic mass is 9.98. The van der Waals surface area contributed by atoms with Crippen LogP contribution in [0.4, 0.5) is 5.69 Å². The smallest absolute Gasteiger partial charge is 0.333 e. The molecule has 2 heterocycles. The Morgan fingerprint density at radius 1 is 1.21 bits per heavy atom. The zero-order valence-electron chi connectivity index (χ0n) is 15.4. The number of amides is 1. The molecule has 6 heteroatoms. The van der Waals surface area contributed by atoms with Gasteiger partial charge in [0.2, 0.25) is 0 Å². The van der Waals surface area contributed by atoms with Gasteiger partial charge in [-0.25, -0.2) is 4.79 Å². The van der Waals surface area contributed by atoms with E-state index in [2.05, 4.69) is 10.3 Å². The highest BCUT2D eigenvalue weighted by Crippen LogP contribution is 2.38. The summed E-state index contributed by atoms with van der Waals surface area (Å²) in [5.74, 6) is -0.450. The molecule has 0 aliphatic carbocycles. The summed E-state index contributed by atoms with van der Waals surface area (Å²) in [7, 11) is 1.62. The van der Waals surface area contributed by atoms with Gasteiger partial charge in [0.25, 0.3) is 5.91 Å². The predicted octanol–water partition coefficient (Wildman–Crippen LogP) is 3.90. The minimum absolute atomic E-state index is 0.215. The van der Waals surface area contributed by atoms with Crippen LogP contribution in [0.3, 0.4) is 0 Å². The number of benzene rings is 2. The van der Waals surface area contributed by atoms with E-state index in [4.69, 9.17) is 4.74 Å². The number of carbonyl (C=O) groups excluding carboxylic acids is 1. The van der Waals surface area contributed by atoms with Gasteiger partial charge in [-0.1, -0.05) is 30.3 Å². The van der Waals surface area contributed by atoms with Crippen molar-refractivity contribution in [1.82, 2.24) is 0 Å². The molecule has 140 valence electrons. The van der Waals surface area contributed by atoms with Crippen molar-refractivity contribution in [2.45, 2.75) is 13.3 Å². The van der Waals surface area contributed by atoms with Gasteiger partial charge in [-0.3, -0.25) is 9.79 Å². The molecule has 0 bridgehead atoms. The molecule has 0 aromatic heterocycles. The lowest BCUT2D eigenvalue weighted by Crippen LogP contribution is -2.06. The molecule has 0 saturated carbocycles. The Morgan fingerprint density at radius 3 is 2.71 bits per heavy atom. The van der Waals surface area contributed by atoms with Crippen molar-refractivity contribution >= 4 is 28.8 Å². The summed E-state index contributed by atoms with van der Waals surface area (Å²) in [5, 5.41) is 12.1. The molecule has 2 aliphatic heterocycles. The van der Waals surface area contributed by atoms with Gasteiger partial charge >= 0.3 is 5.97 Å². The maximum Gasteiger partial charge on any atom is 0.333 e. The lowest BCUT2D eigenvalue weighted by molar-refractivity contribution is -0.132. The number of carboxylic acids is 1. The monoisotopic (exact) mass is 374 g/mol. The Hall–Kier alpha value is -3.67. The number of carboxylic acid groups (broad SMARTS) is 1. The second kappa shape index (κ2) is 6.81. The van der Waals surface area contributed by atoms with E-state index in [9.17, 15) is 14.7 Å². The Kier molecular flexibility index (Phi) is 4.31. The normalized spacial score (nSPS) is 16.9. The Labute approximate surface area is 161 Å². The van der Waals surface area contributed by atoms with E-state index < -0.39 is 5.97 Å². The molecule has 1 amide bonds. The average Bonchev–Trinajstić information content (AvgIpc) is 3.21. The van der Waals surface area contributed by atoms with Crippen molar-refractivity contribution in [1.29, 1.82) is 0 Å². The highest BCUT2D eigenvalue weighted by molar-refractivity contribution is 6.35. The summed E-state index contributed by atoms with van der Waals surface area (Å²) in [6.45, 7) is 1.66. The van der Waals surface area contributed by atoms with Gasteiger partial charge in [-0.05, 0) is 30.7 Å². The van der Waals surface area contributed by atoms with E-state index in [0.717, 1.165) is 22.4 Å². The highest BCUT2D eigenvalue weighted by Gasteiger charge is 2.27. The van der Waals surface area contributed by atoms with Crippen LogP contribution in [-0.4, -0.2) is 29.8 Å². The van der Waals surface area contributed by atoms with Crippen LogP contribution in [-0.2, 0) is 9.59 Å². The number of fused-ring (bicyclic) bond motifs is 1. The van der Waals surface area contributed by atoms with Crippen LogP contribution < -0.4 is 10.1 Å². The van der Waals surface area contributed by atoms with E-state index in [0.29, 0.717) is 22.7 Å². The molecule has 0 spiro atoms. The van der Waals surface area contributed by atoms with Crippen LogP contribution in [0, 0.1) is 0 Å². The number of methoxy groups -OCH3 is 1. The second-order valence-electron chi connectivity index (χ2n) is 6.62. The molecule has 6 nitrogen and oxygen atoms in total. The quantitative estimate of drug-likeness (QED) is 0.795. The summed E-state index contributed by atoms with van der Waals surface area (Å²) in [6.07, 6.45) is 1.88. The molecule has 2 N–H and O–H groups in total. The van der Waals surface area contributed by atoms with Crippen LogP contribution >= 0.6 is 0 Å². The molecule has 4 rings (SSSR count). The predicted molar refractivity (Wildman–Crippen MR) is 107 cm³/mol. The van der Waals surface area contributed by atoms with Gasteiger partial charge in [-0.2, -0.15) is 0 Å². The fourth-order valence-corrected chi connectivity index (χ4v) is 3.50. The van der Waals surface area contributed by atoms with Crippen molar-refractivity contribution in [2.24, 2.45) is 4.99 Å². The third kappa shape index (κ3) is 2.99. The van der Waals surface area contributed by atoms with Gasteiger partial charge in [-0.15, -0.1) is 0 Å². The Morgan fingerprint density at radius 2 is 2.00 bits per heavy atom.